The third kappa shape index (κ3) is 5.12. The Labute approximate surface area is 136 Å². The minimum Gasteiger partial charge on any atom is -0.355 e. The van der Waals surface area contributed by atoms with Crippen LogP contribution < -0.4 is 10.6 Å². The van der Waals surface area contributed by atoms with E-state index in [1.165, 1.54) is 23.1 Å². The van der Waals surface area contributed by atoms with Gasteiger partial charge in [-0.2, -0.15) is 0 Å². The summed E-state index contributed by atoms with van der Waals surface area (Å²) in [7, 11) is 0. The van der Waals surface area contributed by atoms with Gasteiger partial charge in [-0.3, -0.25) is 9.59 Å². The number of nitrogens with one attached hydrogen (secondary N) is 2. The van der Waals surface area contributed by atoms with Gasteiger partial charge in [0.1, 0.15) is 5.03 Å². The first-order chi connectivity index (χ1) is 10.7. The lowest BCUT2D eigenvalue weighted by atomic mass is 10.4. The highest BCUT2D eigenvalue weighted by molar-refractivity contribution is 7.99. The van der Waals surface area contributed by atoms with Gasteiger partial charge in [-0.05, 0) is 30.0 Å². The van der Waals surface area contributed by atoms with Crippen LogP contribution in [-0.4, -0.2) is 34.3 Å². The Kier molecular flexibility index (Phi) is 6.35. The minimum absolute atomic E-state index is 0.0243. The largest absolute Gasteiger partial charge is 0.355 e. The molecule has 0 saturated heterocycles. The summed E-state index contributed by atoms with van der Waals surface area (Å²) >= 11 is 2.67. The molecule has 0 aliphatic heterocycles. The highest BCUT2D eigenvalue weighted by atomic mass is 32.2. The molecule has 0 aliphatic carbocycles. The van der Waals surface area contributed by atoms with Crippen LogP contribution >= 0.6 is 23.1 Å². The van der Waals surface area contributed by atoms with E-state index in [1.807, 2.05) is 18.4 Å². The van der Waals surface area contributed by atoms with Gasteiger partial charge in [0.05, 0.1) is 10.6 Å². The van der Waals surface area contributed by atoms with Crippen LogP contribution in [0.25, 0.3) is 0 Å². The number of amides is 2. The van der Waals surface area contributed by atoms with E-state index in [2.05, 4.69) is 20.8 Å². The van der Waals surface area contributed by atoms with E-state index < -0.39 is 0 Å². The molecule has 6 nitrogen and oxygen atoms in total. The molecule has 2 rings (SSSR count). The van der Waals surface area contributed by atoms with Crippen molar-refractivity contribution in [3.05, 3.63) is 34.5 Å². The molecule has 0 atom stereocenters. The van der Waals surface area contributed by atoms with Crippen LogP contribution in [0.1, 0.15) is 23.0 Å². The summed E-state index contributed by atoms with van der Waals surface area (Å²) in [5, 5.41) is 15.9. The Balaban J connectivity index is 1.82. The Morgan fingerprint density at radius 2 is 2.14 bits per heavy atom. The van der Waals surface area contributed by atoms with Crippen molar-refractivity contribution in [2.45, 2.75) is 18.4 Å². The number of aromatic nitrogens is 2. The van der Waals surface area contributed by atoms with Crippen molar-refractivity contribution in [1.29, 1.82) is 0 Å². The molecule has 2 heterocycles. The lowest BCUT2D eigenvalue weighted by Crippen LogP contribution is -2.25. The predicted molar refractivity (Wildman–Crippen MR) is 88.3 cm³/mol. The fourth-order valence-electron chi connectivity index (χ4n) is 1.50. The topological polar surface area (TPSA) is 84.0 Å². The number of anilines is 1. The van der Waals surface area contributed by atoms with Gasteiger partial charge in [-0.15, -0.1) is 21.5 Å². The molecule has 2 N–H and O–H groups in total. The molecule has 8 heteroatoms. The van der Waals surface area contributed by atoms with Crippen molar-refractivity contribution in [1.82, 2.24) is 15.5 Å². The van der Waals surface area contributed by atoms with Gasteiger partial charge in [-0.1, -0.05) is 24.8 Å². The van der Waals surface area contributed by atoms with Gasteiger partial charge in [-0.25, -0.2) is 0 Å². The van der Waals surface area contributed by atoms with Crippen molar-refractivity contribution in [3.63, 3.8) is 0 Å². The quantitative estimate of drug-likeness (QED) is 0.759. The summed E-state index contributed by atoms with van der Waals surface area (Å²) in [6, 6.07) is 6.96. The standard InChI is InChI=1S/C14H16N4O2S2/c1-2-7-15-12(19)9-22-13-6-5-11(17-18-13)16-14(20)10-4-3-8-21-10/h3-6,8H,2,7,9H2,1H3,(H,15,19)(H,16,17,20). The summed E-state index contributed by atoms with van der Waals surface area (Å²) in [6.45, 7) is 2.68. The Morgan fingerprint density at radius 3 is 2.77 bits per heavy atom. The maximum Gasteiger partial charge on any atom is 0.266 e. The first kappa shape index (κ1) is 16.4. The molecule has 0 aliphatic rings. The molecule has 116 valence electrons. The molecule has 0 fully saturated rings. The van der Waals surface area contributed by atoms with E-state index in [0.717, 1.165) is 6.42 Å². The second kappa shape index (κ2) is 8.50. The lowest BCUT2D eigenvalue weighted by Gasteiger charge is -2.04. The monoisotopic (exact) mass is 336 g/mol. The van der Waals surface area contributed by atoms with Gasteiger partial charge in [0.15, 0.2) is 5.82 Å². The van der Waals surface area contributed by atoms with Gasteiger partial charge in [0.25, 0.3) is 5.91 Å². The van der Waals surface area contributed by atoms with E-state index in [9.17, 15) is 9.59 Å². The van der Waals surface area contributed by atoms with Crippen LogP contribution in [0.3, 0.4) is 0 Å². The van der Waals surface area contributed by atoms with E-state index in [1.54, 1.807) is 18.2 Å². The van der Waals surface area contributed by atoms with Crippen LogP contribution in [0.4, 0.5) is 5.82 Å². The number of hydrogen-bond acceptors (Lipinski definition) is 6. The van der Waals surface area contributed by atoms with Gasteiger partial charge >= 0.3 is 0 Å². The van der Waals surface area contributed by atoms with Crippen LogP contribution in [0.5, 0.6) is 0 Å². The molecule has 0 bridgehead atoms. The summed E-state index contributed by atoms with van der Waals surface area (Å²) in [5.41, 5.74) is 0. The fourth-order valence-corrected chi connectivity index (χ4v) is 2.77. The Morgan fingerprint density at radius 1 is 1.27 bits per heavy atom. The average Bonchev–Trinajstić information content (AvgIpc) is 3.07. The summed E-state index contributed by atoms with van der Waals surface area (Å²) < 4.78 is 0. The van der Waals surface area contributed by atoms with Crippen molar-refractivity contribution in [2.75, 3.05) is 17.6 Å². The highest BCUT2D eigenvalue weighted by Crippen LogP contribution is 2.16. The van der Waals surface area contributed by atoms with Crippen molar-refractivity contribution in [3.8, 4) is 0 Å². The Bertz CT molecular complexity index is 614. The van der Waals surface area contributed by atoms with Gasteiger partial charge in [0, 0.05) is 6.54 Å². The van der Waals surface area contributed by atoms with Crippen molar-refractivity contribution in [2.24, 2.45) is 0 Å². The summed E-state index contributed by atoms with van der Waals surface area (Å²) in [4.78, 5) is 24.0. The number of rotatable bonds is 7. The molecule has 0 unspecified atom stereocenters. The van der Waals surface area contributed by atoms with Gasteiger partial charge < -0.3 is 10.6 Å². The highest BCUT2D eigenvalue weighted by Gasteiger charge is 2.08. The van der Waals surface area contributed by atoms with E-state index in [4.69, 9.17) is 0 Å². The Hall–Kier alpha value is -1.93. The number of hydrogen-bond donors (Lipinski definition) is 2. The smallest absolute Gasteiger partial charge is 0.266 e. The van der Waals surface area contributed by atoms with E-state index >= 15 is 0 Å². The van der Waals surface area contributed by atoms with Crippen LogP contribution in [0.2, 0.25) is 0 Å². The van der Waals surface area contributed by atoms with E-state index in [0.29, 0.717) is 28.0 Å². The first-order valence-corrected chi connectivity index (χ1v) is 8.63. The molecule has 0 spiro atoms. The molecule has 2 amide bonds. The maximum absolute atomic E-state index is 11.8. The number of carbonyl (C=O) groups is 2. The van der Waals surface area contributed by atoms with Crippen molar-refractivity contribution >= 4 is 40.7 Å². The molecule has 0 radical (unpaired) electrons. The molecular formula is C14H16N4O2S2. The third-order valence-corrected chi connectivity index (χ3v) is 4.34. The second-order valence-electron chi connectivity index (χ2n) is 4.33. The van der Waals surface area contributed by atoms with E-state index in [-0.39, 0.29) is 11.8 Å². The number of carbonyl (C=O) groups excluding carboxylic acids is 2. The normalized spacial score (nSPS) is 10.2. The van der Waals surface area contributed by atoms with Crippen LogP contribution in [0.15, 0.2) is 34.7 Å². The molecule has 0 aromatic carbocycles. The zero-order chi connectivity index (χ0) is 15.8. The summed E-state index contributed by atoms with van der Waals surface area (Å²) in [6.07, 6.45) is 0.912. The molecule has 2 aromatic rings. The third-order valence-electron chi connectivity index (χ3n) is 2.55. The molecule has 0 saturated carbocycles. The maximum atomic E-state index is 11.8. The summed E-state index contributed by atoms with van der Waals surface area (Å²) in [5.74, 6) is 0.459. The minimum atomic E-state index is -0.205. The lowest BCUT2D eigenvalue weighted by molar-refractivity contribution is -0.118. The van der Waals surface area contributed by atoms with Crippen LogP contribution in [-0.2, 0) is 4.79 Å². The fraction of sp³-hybridized carbons (Fsp3) is 0.286. The number of thioether (sulfide) groups is 1. The molecular weight excluding hydrogens is 320 g/mol. The second-order valence-corrected chi connectivity index (χ2v) is 6.27. The number of nitrogens with zero attached hydrogens (tertiary/aromatic N) is 2. The zero-order valence-electron chi connectivity index (χ0n) is 12.0. The predicted octanol–water partition coefficient (Wildman–Crippen LogP) is 2.41. The average molecular weight is 336 g/mol. The first-order valence-electron chi connectivity index (χ1n) is 6.77. The van der Waals surface area contributed by atoms with Crippen molar-refractivity contribution < 1.29 is 9.59 Å². The molecule has 2 aromatic heterocycles. The molecule has 22 heavy (non-hydrogen) atoms. The van der Waals surface area contributed by atoms with Gasteiger partial charge in [0.2, 0.25) is 5.91 Å². The number of thiophene rings is 1. The zero-order valence-corrected chi connectivity index (χ0v) is 13.7. The SMILES string of the molecule is CCCNC(=O)CSc1ccc(NC(=O)c2cccs2)nn1. The van der Waals surface area contributed by atoms with Crippen LogP contribution in [0, 0.1) is 0 Å².